The Balaban J connectivity index is 1.10. The van der Waals surface area contributed by atoms with Crippen LogP contribution in [0.2, 0.25) is 5.02 Å². The van der Waals surface area contributed by atoms with Crippen molar-refractivity contribution in [3.8, 4) is 6.07 Å². The number of carbonyl (C=O) groups excluding carboxylic acids is 2. The van der Waals surface area contributed by atoms with E-state index in [-0.39, 0.29) is 35.2 Å². The lowest BCUT2D eigenvalue weighted by Crippen LogP contribution is -2.52. The van der Waals surface area contributed by atoms with Crippen LogP contribution < -0.4 is 10.2 Å². The Hall–Kier alpha value is -3.70. The minimum Gasteiger partial charge on any atom is -0.349 e. The largest absolute Gasteiger partial charge is 0.349 e. The van der Waals surface area contributed by atoms with Crippen LogP contribution in [0.25, 0.3) is 0 Å². The number of aryl methyl sites for hydroxylation is 1. The Kier molecular flexibility index (Phi) is 5.80. The second kappa shape index (κ2) is 8.95. The number of aromatic nitrogens is 3. The summed E-state index contributed by atoms with van der Waals surface area (Å²) in [7, 11) is 0. The summed E-state index contributed by atoms with van der Waals surface area (Å²) in [5, 5.41) is 17.7. The molecule has 2 amide bonds. The molecule has 1 saturated heterocycles. The first-order valence-corrected chi connectivity index (χ1v) is 13.4. The summed E-state index contributed by atoms with van der Waals surface area (Å²) >= 11 is 6.19. The third-order valence-corrected chi connectivity index (χ3v) is 8.76. The number of rotatable bonds is 6. The van der Waals surface area contributed by atoms with E-state index < -0.39 is 0 Å². The highest BCUT2D eigenvalue weighted by atomic mass is 35.5. The highest BCUT2D eigenvalue weighted by molar-refractivity contribution is 6.30. The molecule has 1 aromatic carbocycles. The topological polar surface area (TPSA) is 104 Å². The summed E-state index contributed by atoms with van der Waals surface area (Å²) in [5.74, 6) is 1.43. The maximum Gasteiger partial charge on any atom is 0.254 e. The molecule has 1 unspecified atom stereocenters. The van der Waals surface area contributed by atoms with Gasteiger partial charge in [0.05, 0.1) is 29.4 Å². The first kappa shape index (κ1) is 24.6. The number of benzene rings is 1. The quantitative estimate of drug-likeness (QED) is 0.505. The van der Waals surface area contributed by atoms with E-state index in [1.807, 2.05) is 32.2 Å². The first-order valence-electron chi connectivity index (χ1n) is 13.0. The molecule has 9 heteroatoms. The number of halogens is 1. The van der Waals surface area contributed by atoms with Gasteiger partial charge in [-0.05, 0) is 85.4 Å². The van der Waals surface area contributed by atoms with Crippen LogP contribution in [0.15, 0.2) is 42.9 Å². The van der Waals surface area contributed by atoms with Crippen LogP contribution >= 0.6 is 11.6 Å². The van der Waals surface area contributed by atoms with Crippen molar-refractivity contribution in [2.75, 3.05) is 11.4 Å². The second-order valence-corrected chi connectivity index (χ2v) is 11.7. The molecule has 1 aliphatic heterocycles. The predicted molar refractivity (Wildman–Crippen MR) is 143 cm³/mol. The van der Waals surface area contributed by atoms with E-state index in [0.717, 1.165) is 42.5 Å². The smallest absolute Gasteiger partial charge is 0.254 e. The molecule has 2 aromatic heterocycles. The van der Waals surface area contributed by atoms with Crippen LogP contribution in [0.4, 0.5) is 5.82 Å². The molecule has 0 bridgehead atoms. The predicted octanol–water partition coefficient (Wildman–Crippen LogP) is 4.55. The monoisotopic (exact) mass is 528 g/mol. The number of nitrogens with one attached hydrogen (secondary N) is 1. The molecular weight excluding hydrogens is 500 g/mol. The number of hydrogen-bond donors (Lipinski definition) is 1. The number of piperidine rings is 1. The molecule has 3 heterocycles. The standard InChI is InChI=1S/C29H29ClN6O2/c1-16-6-26(35-14-19-7-23(19)28(35)38)32-13-24(16)17(2)36-15-20(12-33-36)27(37)34-22-9-29(3,10-22)25-8-21(30)5-4-18(25)11-31/h4-6,8,12-13,15,17,19,22-23H,7,9-10,14H2,1-3H3,(H,34,37)/t17?,19-,22?,23-,29?/m1/s1. The number of anilines is 1. The van der Waals surface area contributed by atoms with Crippen LogP contribution in [0, 0.1) is 30.1 Å². The average molecular weight is 529 g/mol. The number of amides is 2. The number of nitrogens with zero attached hydrogens (tertiary/aromatic N) is 5. The molecule has 194 valence electrons. The van der Waals surface area contributed by atoms with E-state index in [1.54, 1.807) is 34.1 Å². The van der Waals surface area contributed by atoms with Crippen LogP contribution in [0.5, 0.6) is 0 Å². The molecular formula is C29H29ClN6O2. The highest BCUT2D eigenvalue weighted by Crippen LogP contribution is 2.47. The van der Waals surface area contributed by atoms with Gasteiger partial charge in [0.1, 0.15) is 5.82 Å². The fourth-order valence-electron chi connectivity index (χ4n) is 6.16. The van der Waals surface area contributed by atoms with E-state index >= 15 is 0 Å². The van der Waals surface area contributed by atoms with Crippen molar-refractivity contribution in [2.45, 2.75) is 57.5 Å². The third-order valence-electron chi connectivity index (χ3n) is 8.53. The van der Waals surface area contributed by atoms with Gasteiger partial charge >= 0.3 is 0 Å². The molecule has 2 aliphatic carbocycles. The maximum absolute atomic E-state index is 13.0. The van der Waals surface area contributed by atoms with E-state index in [1.165, 1.54) is 0 Å². The van der Waals surface area contributed by atoms with Gasteiger partial charge in [0.25, 0.3) is 5.91 Å². The lowest BCUT2D eigenvalue weighted by atomic mass is 9.62. The van der Waals surface area contributed by atoms with Gasteiger partial charge in [-0.3, -0.25) is 19.2 Å². The van der Waals surface area contributed by atoms with Crippen molar-refractivity contribution >= 4 is 29.2 Å². The van der Waals surface area contributed by atoms with Crippen LogP contribution in [-0.4, -0.2) is 39.2 Å². The summed E-state index contributed by atoms with van der Waals surface area (Å²) in [6.45, 7) is 6.90. The van der Waals surface area contributed by atoms with E-state index in [2.05, 4.69) is 28.4 Å². The van der Waals surface area contributed by atoms with Crippen molar-refractivity contribution < 1.29 is 9.59 Å². The molecule has 3 atom stereocenters. The minimum absolute atomic E-state index is 0.0112. The number of nitriles is 1. The number of carbonyl (C=O) groups is 2. The zero-order chi connectivity index (χ0) is 26.8. The van der Waals surface area contributed by atoms with Gasteiger partial charge in [-0.25, -0.2) is 4.98 Å². The van der Waals surface area contributed by atoms with Crippen molar-refractivity contribution in [3.05, 3.63) is 75.7 Å². The average Bonchev–Trinajstić information content (AvgIpc) is 3.33. The Bertz CT molecular complexity index is 1500. The van der Waals surface area contributed by atoms with Crippen LogP contribution in [0.3, 0.4) is 0 Å². The summed E-state index contributed by atoms with van der Waals surface area (Å²) in [4.78, 5) is 31.8. The van der Waals surface area contributed by atoms with Crippen molar-refractivity contribution in [1.82, 2.24) is 20.1 Å². The highest BCUT2D eigenvalue weighted by Gasteiger charge is 2.52. The Morgan fingerprint density at radius 3 is 2.76 bits per heavy atom. The molecule has 38 heavy (non-hydrogen) atoms. The number of fused-ring (bicyclic) bond motifs is 1. The van der Waals surface area contributed by atoms with Gasteiger partial charge in [-0.1, -0.05) is 18.5 Å². The summed E-state index contributed by atoms with van der Waals surface area (Å²) in [6.07, 6.45) is 7.64. The summed E-state index contributed by atoms with van der Waals surface area (Å²) < 4.78 is 1.77. The second-order valence-electron chi connectivity index (χ2n) is 11.3. The molecule has 3 aliphatic rings. The third kappa shape index (κ3) is 4.15. The molecule has 6 rings (SSSR count). The SMILES string of the molecule is Cc1cc(N2C[C@H]3C[C@H]3C2=O)ncc1C(C)n1cc(C(=O)NC2CC(C)(c3cc(Cl)ccc3C#N)C2)cn1. The van der Waals surface area contributed by atoms with E-state index in [9.17, 15) is 14.9 Å². The Morgan fingerprint density at radius 1 is 1.29 bits per heavy atom. The van der Waals surface area contributed by atoms with E-state index in [4.69, 9.17) is 11.6 Å². The molecule has 3 aromatic rings. The molecule has 0 spiro atoms. The lowest BCUT2D eigenvalue weighted by Gasteiger charge is -2.46. The zero-order valence-corrected chi connectivity index (χ0v) is 22.4. The van der Waals surface area contributed by atoms with Gasteiger partial charge in [0, 0.05) is 35.9 Å². The van der Waals surface area contributed by atoms with Gasteiger partial charge in [0.2, 0.25) is 5.91 Å². The van der Waals surface area contributed by atoms with Crippen molar-refractivity contribution in [1.29, 1.82) is 5.26 Å². The maximum atomic E-state index is 13.0. The fourth-order valence-corrected chi connectivity index (χ4v) is 6.33. The summed E-state index contributed by atoms with van der Waals surface area (Å²) in [5.41, 5.74) is 3.87. The van der Waals surface area contributed by atoms with Gasteiger partial charge in [0.15, 0.2) is 0 Å². The Morgan fingerprint density at radius 2 is 2.08 bits per heavy atom. The molecule has 0 radical (unpaired) electrons. The van der Waals surface area contributed by atoms with Crippen LogP contribution in [0.1, 0.15) is 71.8 Å². The molecule has 8 nitrogen and oxygen atoms in total. The normalized spacial score (nSPS) is 26.3. The molecule has 1 N–H and O–H groups in total. The summed E-state index contributed by atoms with van der Waals surface area (Å²) in [6, 6.07) is 9.45. The molecule has 3 fully saturated rings. The van der Waals surface area contributed by atoms with Crippen molar-refractivity contribution in [3.63, 3.8) is 0 Å². The number of pyridine rings is 1. The van der Waals surface area contributed by atoms with Gasteiger partial charge in [-0.2, -0.15) is 10.4 Å². The van der Waals surface area contributed by atoms with Crippen LogP contribution in [-0.2, 0) is 10.2 Å². The Labute approximate surface area is 226 Å². The van der Waals surface area contributed by atoms with Gasteiger partial charge in [-0.15, -0.1) is 0 Å². The molecule has 2 saturated carbocycles. The number of hydrogen-bond acceptors (Lipinski definition) is 5. The fraction of sp³-hybridized carbons (Fsp3) is 0.414. The van der Waals surface area contributed by atoms with E-state index in [0.29, 0.717) is 27.9 Å². The minimum atomic E-state index is -0.205. The lowest BCUT2D eigenvalue weighted by molar-refractivity contribution is -0.118. The first-order chi connectivity index (χ1) is 18.2. The van der Waals surface area contributed by atoms with Gasteiger partial charge < -0.3 is 5.32 Å². The van der Waals surface area contributed by atoms with Crippen molar-refractivity contribution in [2.24, 2.45) is 11.8 Å². The zero-order valence-electron chi connectivity index (χ0n) is 21.6.